The zero-order valence-electron chi connectivity index (χ0n) is 11.8. The molecule has 1 aromatic heterocycles. The van der Waals surface area contributed by atoms with Crippen molar-refractivity contribution in [1.29, 1.82) is 0 Å². The van der Waals surface area contributed by atoms with Crippen LogP contribution in [0.5, 0.6) is 0 Å². The van der Waals surface area contributed by atoms with Gasteiger partial charge in [-0.05, 0) is 24.1 Å². The summed E-state index contributed by atoms with van der Waals surface area (Å²) < 4.78 is 2.03. The average molecular weight is 298 g/mol. The minimum absolute atomic E-state index is 0.330. The van der Waals surface area contributed by atoms with Gasteiger partial charge in [-0.1, -0.05) is 49.4 Å². The van der Waals surface area contributed by atoms with Crippen LogP contribution in [0.25, 0.3) is 17.1 Å². The molecule has 0 radical (unpaired) electrons. The first-order chi connectivity index (χ1) is 10.3. The monoisotopic (exact) mass is 297 g/mol. The Balaban J connectivity index is 2.23. The number of rotatable bonds is 4. The molecule has 0 saturated carbocycles. The summed E-state index contributed by atoms with van der Waals surface area (Å²) in [4.78, 5) is 0. The van der Waals surface area contributed by atoms with Gasteiger partial charge in [-0.3, -0.25) is 4.57 Å². The summed E-state index contributed by atoms with van der Waals surface area (Å²) in [5.41, 5.74) is 3.38. The summed E-state index contributed by atoms with van der Waals surface area (Å²) in [6.07, 6.45) is 0.952. The van der Waals surface area contributed by atoms with Crippen LogP contribution in [0.3, 0.4) is 0 Å². The number of nitrogens with zero attached hydrogens (tertiary/aromatic N) is 3. The van der Waals surface area contributed by atoms with Crippen LogP contribution in [0.15, 0.2) is 54.6 Å². The number of alkyl halides is 1. The maximum absolute atomic E-state index is 6.03. The van der Waals surface area contributed by atoms with Crippen LogP contribution >= 0.6 is 11.6 Å². The molecule has 0 N–H and O–H groups in total. The lowest BCUT2D eigenvalue weighted by molar-refractivity contribution is 0.952. The molecule has 0 atom stereocenters. The highest BCUT2D eigenvalue weighted by molar-refractivity contribution is 6.16. The van der Waals surface area contributed by atoms with E-state index in [0.29, 0.717) is 5.88 Å². The highest BCUT2D eigenvalue weighted by atomic mass is 35.5. The molecule has 0 spiro atoms. The molecule has 4 heteroatoms. The molecule has 106 valence electrons. The maximum atomic E-state index is 6.03. The van der Waals surface area contributed by atoms with E-state index in [9.17, 15) is 0 Å². The fourth-order valence-corrected chi connectivity index (χ4v) is 2.65. The van der Waals surface area contributed by atoms with Crippen LogP contribution in [-0.2, 0) is 12.3 Å². The Bertz CT molecular complexity index is 735. The van der Waals surface area contributed by atoms with Crippen molar-refractivity contribution in [2.24, 2.45) is 0 Å². The molecule has 0 aliphatic rings. The fourth-order valence-electron chi connectivity index (χ4n) is 2.47. The molecule has 2 aromatic carbocycles. The van der Waals surface area contributed by atoms with Crippen molar-refractivity contribution >= 4 is 11.6 Å². The summed E-state index contributed by atoms with van der Waals surface area (Å²) in [5.74, 6) is 1.92. The number of hydrogen-bond donors (Lipinski definition) is 0. The topological polar surface area (TPSA) is 30.7 Å². The number of aromatic nitrogens is 3. The van der Waals surface area contributed by atoms with Crippen molar-refractivity contribution in [2.75, 3.05) is 0 Å². The summed E-state index contributed by atoms with van der Waals surface area (Å²) in [5, 5.41) is 8.61. The Hall–Kier alpha value is -2.13. The number of hydrogen-bond acceptors (Lipinski definition) is 2. The van der Waals surface area contributed by atoms with Gasteiger partial charge in [0.15, 0.2) is 11.6 Å². The lowest BCUT2D eigenvalue weighted by Crippen LogP contribution is -2.02. The Kier molecular flexibility index (Phi) is 4.02. The predicted octanol–water partition coefficient (Wildman–Crippen LogP) is 4.24. The van der Waals surface area contributed by atoms with Gasteiger partial charge in [-0.25, -0.2) is 0 Å². The van der Waals surface area contributed by atoms with Crippen LogP contribution in [0.1, 0.15) is 18.3 Å². The van der Waals surface area contributed by atoms with E-state index >= 15 is 0 Å². The van der Waals surface area contributed by atoms with E-state index in [2.05, 4.69) is 29.3 Å². The molecule has 0 aliphatic heterocycles. The van der Waals surface area contributed by atoms with Gasteiger partial charge >= 0.3 is 0 Å². The molecule has 0 fully saturated rings. The van der Waals surface area contributed by atoms with Gasteiger partial charge in [-0.15, -0.1) is 21.8 Å². The van der Waals surface area contributed by atoms with Crippen LogP contribution < -0.4 is 0 Å². The van der Waals surface area contributed by atoms with Crippen molar-refractivity contribution in [3.8, 4) is 17.1 Å². The number of benzene rings is 2. The number of halogens is 1. The van der Waals surface area contributed by atoms with Gasteiger partial charge in [0, 0.05) is 11.3 Å². The highest BCUT2D eigenvalue weighted by Crippen LogP contribution is 2.26. The summed E-state index contributed by atoms with van der Waals surface area (Å²) in [6.45, 7) is 2.14. The minimum atomic E-state index is 0.330. The molecule has 0 unspecified atom stereocenters. The second-order valence-corrected chi connectivity index (χ2v) is 5.02. The molecule has 0 amide bonds. The van der Waals surface area contributed by atoms with E-state index in [-0.39, 0.29) is 0 Å². The standard InChI is InChI=1S/C17H16ClN3/c1-2-13-8-6-7-11-15(13)17-20-19-16(12-18)21(17)14-9-4-3-5-10-14/h3-11H,2,12H2,1H3. The molecule has 3 nitrogen and oxygen atoms in total. The van der Waals surface area contributed by atoms with Crippen molar-refractivity contribution < 1.29 is 0 Å². The highest BCUT2D eigenvalue weighted by Gasteiger charge is 2.16. The predicted molar refractivity (Wildman–Crippen MR) is 85.7 cm³/mol. The molecule has 1 heterocycles. The van der Waals surface area contributed by atoms with Gasteiger partial charge in [-0.2, -0.15) is 0 Å². The lowest BCUT2D eigenvalue weighted by atomic mass is 10.0. The third-order valence-electron chi connectivity index (χ3n) is 3.50. The number of para-hydroxylation sites is 1. The van der Waals surface area contributed by atoms with E-state index in [1.165, 1.54) is 5.56 Å². The smallest absolute Gasteiger partial charge is 0.168 e. The Labute approximate surface area is 129 Å². The molecule has 3 rings (SSSR count). The SMILES string of the molecule is CCc1ccccc1-c1nnc(CCl)n1-c1ccccc1. The van der Waals surface area contributed by atoms with E-state index < -0.39 is 0 Å². The first-order valence-corrected chi connectivity index (χ1v) is 7.52. The van der Waals surface area contributed by atoms with E-state index in [4.69, 9.17) is 11.6 Å². The first kappa shape index (κ1) is 13.8. The molecule has 0 aliphatic carbocycles. The van der Waals surface area contributed by atoms with Crippen LogP contribution in [0.4, 0.5) is 0 Å². The third kappa shape index (κ3) is 2.57. The van der Waals surface area contributed by atoms with E-state index in [0.717, 1.165) is 29.3 Å². The van der Waals surface area contributed by atoms with Gasteiger partial charge in [0.05, 0.1) is 5.88 Å². The van der Waals surface area contributed by atoms with Gasteiger partial charge in [0.25, 0.3) is 0 Å². The summed E-state index contributed by atoms with van der Waals surface area (Å²) in [6, 6.07) is 18.4. The third-order valence-corrected chi connectivity index (χ3v) is 3.74. The Morgan fingerprint density at radius 2 is 1.67 bits per heavy atom. The van der Waals surface area contributed by atoms with Crippen LogP contribution in [-0.4, -0.2) is 14.8 Å². The van der Waals surface area contributed by atoms with Crippen molar-refractivity contribution in [3.05, 3.63) is 66.0 Å². The second kappa shape index (κ2) is 6.10. The maximum Gasteiger partial charge on any atom is 0.168 e. The van der Waals surface area contributed by atoms with Crippen LogP contribution in [0.2, 0.25) is 0 Å². The quantitative estimate of drug-likeness (QED) is 0.675. The summed E-state index contributed by atoms with van der Waals surface area (Å²) >= 11 is 6.03. The Morgan fingerprint density at radius 3 is 2.38 bits per heavy atom. The number of aryl methyl sites for hydroxylation is 1. The molecule has 3 aromatic rings. The van der Waals surface area contributed by atoms with Crippen molar-refractivity contribution in [1.82, 2.24) is 14.8 Å². The van der Waals surface area contributed by atoms with Gasteiger partial charge in [0.1, 0.15) is 0 Å². The first-order valence-electron chi connectivity index (χ1n) is 6.99. The fraction of sp³-hybridized carbons (Fsp3) is 0.176. The molecule has 21 heavy (non-hydrogen) atoms. The normalized spacial score (nSPS) is 10.8. The minimum Gasteiger partial charge on any atom is -0.278 e. The second-order valence-electron chi connectivity index (χ2n) is 4.76. The molecule has 0 bridgehead atoms. The zero-order chi connectivity index (χ0) is 14.7. The van der Waals surface area contributed by atoms with E-state index in [1.807, 2.05) is 47.0 Å². The van der Waals surface area contributed by atoms with E-state index in [1.54, 1.807) is 0 Å². The lowest BCUT2D eigenvalue weighted by Gasteiger charge is -2.11. The van der Waals surface area contributed by atoms with Crippen LogP contribution in [0, 0.1) is 0 Å². The average Bonchev–Trinajstić information content (AvgIpc) is 2.99. The molecular weight excluding hydrogens is 282 g/mol. The Morgan fingerprint density at radius 1 is 0.952 bits per heavy atom. The molecular formula is C17H16ClN3. The van der Waals surface area contributed by atoms with Crippen molar-refractivity contribution in [3.63, 3.8) is 0 Å². The summed E-state index contributed by atoms with van der Waals surface area (Å²) in [7, 11) is 0. The van der Waals surface area contributed by atoms with Crippen molar-refractivity contribution in [2.45, 2.75) is 19.2 Å². The van der Waals surface area contributed by atoms with Gasteiger partial charge in [0.2, 0.25) is 0 Å². The van der Waals surface area contributed by atoms with Gasteiger partial charge < -0.3 is 0 Å². The molecule has 0 saturated heterocycles. The zero-order valence-corrected chi connectivity index (χ0v) is 12.6. The largest absolute Gasteiger partial charge is 0.278 e.